The Morgan fingerprint density at radius 2 is 1.70 bits per heavy atom. The molecule has 0 radical (unpaired) electrons. The van der Waals surface area contributed by atoms with E-state index in [-0.39, 0.29) is 11.9 Å². The summed E-state index contributed by atoms with van der Waals surface area (Å²) in [5.74, 6) is 2.35. The van der Waals surface area contributed by atoms with Crippen LogP contribution in [0.25, 0.3) is 6.08 Å². The molecule has 4 atom stereocenters. The van der Waals surface area contributed by atoms with Crippen LogP contribution in [0.1, 0.15) is 116 Å². The third-order valence-electron chi connectivity index (χ3n) is 9.39. The number of carbonyl (C=O) groups is 1. The van der Waals surface area contributed by atoms with Crippen LogP contribution in [0.3, 0.4) is 0 Å². The Bertz CT molecular complexity index is 1430. The van der Waals surface area contributed by atoms with Gasteiger partial charge in [0.05, 0.1) is 18.9 Å². The maximum absolute atomic E-state index is 13.9. The Morgan fingerprint density at radius 3 is 2.28 bits per heavy atom. The van der Waals surface area contributed by atoms with Crippen molar-refractivity contribution in [2.24, 2.45) is 17.3 Å². The molecule has 2 aromatic rings. The van der Waals surface area contributed by atoms with Crippen molar-refractivity contribution in [3.05, 3.63) is 107 Å². The molecule has 0 aromatic heterocycles. The molecule has 50 heavy (non-hydrogen) atoms. The Labute approximate surface area is 305 Å². The molecule has 0 spiro atoms. The molecule has 0 saturated carbocycles. The SMILES string of the molecule is C=C(C)[C@H](CC(C)C)OC(=C)C(C)(C)CCC(=O)C(Cc1ccc(OC)c(C)c1)NC(C)(O)/C=C/CCC(C)/C=C/c1ccc(CCC)cc1. The van der Waals surface area contributed by atoms with E-state index in [4.69, 9.17) is 9.47 Å². The van der Waals surface area contributed by atoms with Crippen molar-refractivity contribution in [1.29, 1.82) is 0 Å². The molecule has 2 rings (SSSR count). The molecule has 0 aliphatic carbocycles. The molecular weight excluding hydrogens is 618 g/mol. The molecule has 0 amide bonds. The summed E-state index contributed by atoms with van der Waals surface area (Å²) < 4.78 is 11.8. The van der Waals surface area contributed by atoms with E-state index in [9.17, 15) is 9.90 Å². The van der Waals surface area contributed by atoms with Gasteiger partial charge in [-0.15, -0.1) is 0 Å². The van der Waals surface area contributed by atoms with E-state index in [1.807, 2.05) is 38.1 Å². The molecular formula is C45H67NO4. The number of aliphatic hydroxyl groups is 1. The molecule has 5 heteroatoms. The van der Waals surface area contributed by atoms with Crippen molar-refractivity contribution >= 4 is 11.9 Å². The highest BCUT2D eigenvalue weighted by atomic mass is 16.5. The minimum absolute atomic E-state index is 0.0353. The second-order valence-electron chi connectivity index (χ2n) is 15.5. The van der Waals surface area contributed by atoms with Gasteiger partial charge in [0.25, 0.3) is 0 Å². The van der Waals surface area contributed by atoms with Crippen LogP contribution in [-0.2, 0) is 22.4 Å². The van der Waals surface area contributed by atoms with Gasteiger partial charge in [0, 0.05) is 11.8 Å². The Kier molecular flexibility index (Phi) is 17.5. The second kappa shape index (κ2) is 20.4. The molecule has 2 N–H and O–H groups in total. The van der Waals surface area contributed by atoms with Gasteiger partial charge in [-0.05, 0) is 111 Å². The molecule has 276 valence electrons. The lowest BCUT2D eigenvalue weighted by Crippen LogP contribution is -2.51. The molecule has 0 bridgehead atoms. The number of methoxy groups -OCH3 is 1. The normalized spacial score (nSPS) is 15.2. The molecule has 2 aromatic carbocycles. The van der Waals surface area contributed by atoms with E-state index in [1.54, 1.807) is 20.1 Å². The number of aryl methyl sites for hydroxylation is 2. The topological polar surface area (TPSA) is 67.8 Å². The first-order chi connectivity index (χ1) is 23.5. The number of allylic oxidation sites excluding steroid dienone is 3. The van der Waals surface area contributed by atoms with Crippen molar-refractivity contribution in [3.8, 4) is 5.75 Å². The molecule has 0 saturated heterocycles. The minimum Gasteiger partial charge on any atom is -0.496 e. The number of Topliss-reactive ketones (excluding diaryl/α,β-unsaturated/α-hetero) is 1. The highest BCUT2D eigenvalue weighted by Crippen LogP contribution is 2.34. The van der Waals surface area contributed by atoms with Crippen LogP contribution < -0.4 is 10.1 Å². The minimum atomic E-state index is -1.37. The number of hydrogen-bond acceptors (Lipinski definition) is 5. The van der Waals surface area contributed by atoms with Crippen LogP contribution in [0.4, 0.5) is 0 Å². The maximum atomic E-state index is 13.9. The van der Waals surface area contributed by atoms with Crippen molar-refractivity contribution in [2.45, 2.75) is 132 Å². The second-order valence-corrected chi connectivity index (χ2v) is 15.5. The van der Waals surface area contributed by atoms with Crippen molar-refractivity contribution < 1.29 is 19.4 Å². The first kappa shape index (κ1) is 42.8. The lowest BCUT2D eigenvalue weighted by Gasteiger charge is -2.32. The van der Waals surface area contributed by atoms with Gasteiger partial charge in [0.15, 0.2) is 0 Å². The number of carbonyl (C=O) groups excluding carboxylic acids is 1. The first-order valence-electron chi connectivity index (χ1n) is 18.6. The molecule has 0 heterocycles. The fraction of sp³-hybridized carbons (Fsp3) is 0.533. The van der Waals surface area contributed by atoms with Gasteiger partial charge in [-0.3, -0.25) is 10.1 Å². The summed E-state index contributed by atoms with van der Waals surface area (Å²) in [6, 6.07) is 14.1. The van der Waals surface area contributed by atoms with Crippen molar-refractivity contribution in [3.63, 3.8) is 0 Å². The molecule has 5 nitrogen and oxygen atoms in total. The fourth-order valence-corrected chi connectivity index (χ4v) is 5.94. The van der Waals surface area contributed by atoms with Crippen LogP contribution >= 0.6 is 0 Å². The van der Waals surface area contributed by atoms with Gasteiger partial charge in [0.2, 0.25) is 0 Å². The fourth-order valence-electron chi connectivity index (χ4n) is 5.94. The average Bonchev–Trinajstić information content (AvgIpc) is 3.04. The van der Waals surface area contributed by atoms with Gasteiger partial charge in [-0.25, -0.2) is 0 Å². The van der Waals surface area contributed by atoms with E-state index in [2.05, 4.69) is 96.4 Å². The quantitative estimate of drug-likeness (QED) is 0.0692. The third-order valence-corrected chi connectivity index (χ3v) is 9.39. The smallest absolute Gasteiger partial charge is 0.150 e. The van der Waals surface area contributed by atoms with Gasteiger partial charge in [-0.2, -0.15) is 0 Å². The predicted molar refractivity (Wildman–Crippen MR) is 212 cm³/mol. The highest BCUT2D eigenvalue weighted by molar-refractivity contribution is 5.84. The Hall–Kier alpha value is -3.41. The average molecular weight is 686 g/mol. The van der Waals surface area contributed by atoms with E-state index in [1.165, 1.54) is 11.1 Å². The highest BCUT2D eigenvalue weighted by Gasteiger charge is 2.31. The summed E-state index contributed by atoms with van der Waals surface area (Å²) >= 11 is 0. The summed E-state index contributed by atoms with van der Waals surface area (Å²) in [7, 11) is 1.66. The summed E-state index contributed by atoms with van der Waals surface area (Å²) in [5, 5.41) is 14.7. The zero-order chi connectivity index (χ0) is 37.5. The van der Waals surface area contributed by atoms with Crippen LogP contribution in [0.2, 0.25) is 0 Å². The summed E-state index contributed by atoms with van der Waals surface area (Å²) in [6.07, 6.45) is 14.3. The lowest BCUT2D eigenvalue weighted by atomic mass is 9.83. The number of ether oxygens (including phenoxy) is 2. The van der Waals surface area contributed by atoms with Crippen molar-refractivity contribution in [1.82, 2.24) is 5.32 Å². The summed E-state index contributed by atoms with van der Waals surface area (Å²) in [6.45, 7) is 27.0. The zero-order valence-corrected chi connectivity index (χ0v) is 32.9. The number of hydrogen-bond donors (Lipinski definition) is 2. The van der Waals surface area contributed by atoms with E-state index in [0.717, 1.165) is 54.6 Å². The summed E-state index contributed by atoms with van der Waals surface area (Å²) in [4.78, 5) is 13.9. The van der Waals surface area contributed by atoms with E-state index >= 15 is 0 Å². The Balaban J connectivity index is 2.10. The predicted octanol–water partition coefficient (Wildman–Crippen LogP) is 10.7. The Morgan fingerprint density at radius 1 is 1.04 bits per heavy atom. The molecule has 0 aliphatic rings. The number of rotatable bonds is 23. The largest absolute Gasteiger partial charge is 0.496 e. The molecule has 0 fully saturated rings. The number of ketones is 1. The zero-order valence-electron chi connectivity index (χ0n) is 32.9. The third kappa shape index (κ3) is 15.2. The van der Waals surface area contributed by atoms with Gasteiger partial charge < -0.3 is 14.6 Å². The van der Waals surface area contributed by atoms with Crippen LogP contribution in [0, 0.1) is 24.2 Å². The van der Waals surface area contributed by atoms with Gasteiger partial charge in [0.1, 0.15) is 23.4 Å². The van der Waals surface area contributed by atoms with Crippen molar-refractivity contribution in [2.75, 3.05) is 7.11 Å². The van der Waals surface area contributed by atoms with E-state index in [0.29, 0.717) is 36.9 Å². The maximum Gasteiger partial charge on any atom is 0.150 e. The number of benzene rings is 2. The van der Waals surface area contributed by atoms with E-state index < -0.39 is 17.2 Å². The van der Waals surface area contributed by atoms with Crippen LogP contribution in [0.5, 0.6) is 5.75 Å². The standard InChI is InChI=1S/C45H67NO4/c1-13-16-37-20-22-38(23-21-37)19-18-34(6)17-14-15-27-45(11,48)46-40(31-39-24-25-42(49-12)35(7)30-39)41(47)26-28-44(9,10)36(8)50-43(33(4)5)29-32(2)3/h15,18-25,27,30,32,34,40,43,46,48H,4,8,13-14,16-17,26,28-29,31H2,1-3,5-7,9-12H3/b19-18+,27-15+/t34?,40?,43-,45?/m0/s1. The lowest BCUT2D eigenvalue weighted by molar-refractivity contribution is -0.123. The van der Waals surface area contributed by atoms with Crippen LogP contribution in [-0.4, -0.2) is 35.9 Å². The molecule has 0 aliphatic heterocycles. The van der Waals surface area contributed by atoms with Gasteiger partial charge >= 0.3 is 0 Å². The van der Waals surface area contributed by atoms with Gasteiger partial charge in [-0.1, -0.05) is 116 Å². The van der Waals surface area contributed by atoms with Crippen LogP contribution in [0.15, 0.2) is 85.2 Å². The first-order valence-corrected chi connectivity index (χ1v) is 18.6. The number of nitrogens with one attached hydrogen (secondary N) is 1. The summed E-state index contributed by atoms with van der Waals surface area (Å²) in [5.41, 5.74) is 3.77. The molecule has 3 unspecified atom stereocenters. The monoisotopic (exact) mass is 686 g/mol.